The molecule has 2 N–H and O–H groups in total. The highest BCUT2D eigenvalue weighted by Gasteiger charge is 2.19. The second kappa shape index (κ2) is 6.91. The van der Waals surface area contributed by atoms with Gasteiger partial charge in [0, 0.05) is 18.6 Å². The van der Waals surface area contributed by atoms with Gasteiger partial charge in [0.25, 0.3) is 0 Å². The summed E-state index contributed by atoms with van der Waals surface area (Å²) >= 11 is 0. The molecular weight excluding hydrogens is 220 g/mol. The molecule has 2 nitrogen and oxygen atoms in total. The van der Waals surface area contributed by atoms with Crippen LogP contribution in [0.2, 0.25) is 0 Å². The van der Waals surface area contributed by atoms with Crippen LogP contribution in [0.5, 0.6) is 0 Å². The predicted octanol–water partition coefficient (Wildman–Crippen LogP) is 3.12. The molecule has 0 bridgehead atoms. The predicted molar refractivity (Wildman–Crippen MR) is 77.7 cm³/mol. The minimum absolute atomic E-state index is 0.496. The van der Waals surface area contributed by atoms with Crippen molar-refractivity contribution in [3.8, 4) is 0 Å². The first-order valence-electron chi connectivity index (χ1n) is 7.27. The quantitative estimate of drug-likeness (QED) is 0.834. The van der Waals surface area contributed by atoms with E-state index in [4.69, 9.17) is 0 Å². The van der Waals surface area contributed by atoms with Crippen LogP contribution in [0, 0.1) is 5.92 Å². The summed E-state index contributed by atoms with van der Waals surface area (Å²) in [7, 11) is 0. The van der Waals surface area contributed by atoms with E-state index in [9.17, 15) is 0 Å². The van der Waals surface area contributed by atoms with Crippen molar-refractivity contribution in [2.45, 2.75) is 45.2 Å². The lowest BCUT2D eigenvalue weighted by molar-refractivity contribution is 0.326. The maximum absolute atomic E-state index is 3.84. The molecule has 0 aliphatic carbocycles. The summed E-state index contributed by atoms with van der Waals surface area (Å²) in [5.41, 5.74) is 1.43. The van der Waals surface area contributed by atoms with E-state index in [1.54, 1.807) is 0 Å². The van der Waals surface area contributed by atoms with Gasteiger partial charge in [-0.3, -0.25) is 0 Å². The smallest absolute Gasteiger partial charge is 0.0325 e. The first kappa shape index (κ1) is 13.6. The van der Waals surface area contributed by atoms with Crippen molar-refractivity contribution in [1.29, 1.82) is 0 Å². The van der Waals surface area contributed by atoms with Gasteiger partial charge in [-0.25, -0.2) is 0 Å². The van der Waals surface area contributed by atoms with Crippen LogP contribution in [-0.2, 0) is 0 Å². The summed E-state index contributed by atoms with van der Waals surface area (Å²) in [6.07, 6.45) is 3.80. The Morgan fingerprint density at radius 1 is 1.28 bits per heavy atom. The van der Waals surface area contributed by atoms with E-state index in [-0.39, 0.29) is 0 Å². The summed E-state index contributed by atoms with van der Waals surface area (Å²) in [6, 6.07) is 12.0. The monoisotopic (exact) mass is 246 g/mol. The number of hydrogen-bond donors (Lipinski definition) is 2. The van der Waals surface area contributed by atoms with Crippen molar-refractivity contribution < 1.29 is 0 Å². The lowest BCUT2D eigenvalue weighted by Crippen LogP contribution is -2.44. The van der Waals surface area contributed by atoms with E-state index in [1.807, 2.05) is 0 Å². The summed E-state index contributed by atoms with van der Waals surface area (Å²) < 4.78 is 0. The molecule has 1 saturated heterocycles. The second-order valence-corrected chi connectivity index (χ2v) is 5.80. The van der Waals surface area contributed by atoms with Crippen molar-refractivity contribution in [3.63, 3.8) is 0 Å². The molecule has 1 heterocycles. The number of rotatable bonds is 5. The minimum atomic E-state index is 0.496. The normalized spacial score (nSPS) is 22.1. The first-order chi connectivity index (χ1) is 8.75. The zero-order chi connectivity index (χ0) is 12.8. The largest absolute Gasteiger partial charge is 0.315 e. The van der Waals surface area contributed by atoms with Crippen molar-refractivity contribution in [3.05, 3.63) is 35.9 Å². The molecular formula is C16H26N2. The topological polar surface area (TPSA) is 24.1 Å². The fourth-order valence-corrected chi connectivity index (χ4v) is 2.74. The highest BCUT2D eigenvalue weighted by molar-refractivity contribution is 5.19. The molecule has 1 fully saturated rings. The van der Waals surface area contributed by atoms with Crippen molar-refractivity contribution >= 4 is 0 Å². The molecule has 0 saturated carbocycles. The number of benzene rings is 1. The summed E-state index contributed by atoms with van der Waals surface area (Å²) in [5, 5.41) is 7.32. The summed E-state index contributed by atoms with van der Waals surface area (Å²) in [6.45, 7) is 6.90. The van der Waals surface area contributed by atoms with Crippen molar-refractivity contribution in [2.24, 2.45) is 5.92 Å². The maximum Gasteiger partial charge on any atom is 0.0325 e. The Hall–Kier alpha value is -0.860. The Bertz CT molecular complexity index is 328. The van der Waals surface area contributed by atoms with E-state index >= 15 is 0 Å². The highest BCUT2D eigenvalue weighted by Crippen LogP contribution is 2.22. The molecule has 2 atom stereocenters. The average molecular weight is 246 g/mol. The maximum atomic E-state index is 3.84. The van der Waals surface area contributed by atoms with Gasteiger partial charge < -0.3 is 10.6 Å². The van der Waals surface area contributed by atoms with E-state index in [0.717, 1.165) is 12.5 Å². The Morgan fingerprint density at radius 2 is 2.06 bits per heavy atom. The van der Waals surface area contributed by atoms with Crippen LogP contribution in [0.25, 0.3) is 0 Å². The van der Waals surface area contributed by atoms with Gasteiger partial charge in [-0.05, 0) is 37.3 Å². The standard InChI is InChI=1S/C16H26N2/c1-13(2)11-16(14-7-4-3-5-8-14)18-15-9-6-10-17-12-15/h3-5,7-8,13,15-18H,6,9-12H2,1-2H3. The van der Waals surface area contributed by atoms with Crippen molar-refractivity contribution in [1.82, 2.24) is 10.6 Å². The van der Waals surface area contributed by atoms with Crippen LogP contribution < -0.4 is 10.6 Å². The van der Waals surface area contributed by atoms with E-state index in [2.05, 4.69) is 54.8 Å². The van der Waals surface area contributed by atoms with Gasteiger partial charge in [0.2, 0.25) is 0 Å². The molecule has 1 aromatic carbocycles. The Morgan fingerprint density at radius 3 is 2.67 bits per heavy atom. The van der Waals surface area contributed by atoms with Gasteiger partial charge in [0.05, 0.1) is 0 Å². The van der Waals surface area contributed by atoms with Gasteiger partial charge in [0.1, 0.15) is 0 Å². The van der Waals surface area contributed by atoms with E-state index < -0.39 is 0 Å². The molecule has 100 valence electrons. The Kier molecular flexibility index (Phi) is 5.21. The molecule has 2 heteroatoms. The molecule has 0 aromatic heterocycles. The molecule has 2 rings (SSSR count). The number of piperidine rings is 1. The molecule has 0 spiro atoms. The third-order valence-electron chi connectivity index (χ3n) is 3.64. The zero-order valence-corrected chi connectivity index (χ0v) is 11.7. The minimum Gasteiger partial charge on any atom is -0.315 e. The fourth-order valence-electron chi connectivity index (χ4n) is 2.74. The molecule has 2 unspecified atom stereocenters. The summed E-state index contributed by atoms with van der Waals surface area (Å²) in [4.78, 5) is 0. The highest BCUT2D eigenvalue weighted by atomic mass is 15.0. The van der Waals surface area contributed by atoms with Crippen molar-refractivity contribution in [2.75, 3.05) is 13.1 Å². The SMILES string of the molecule is CC(C)CC(NC1CCCNC1)c1ccccc1. The van der Waals surface area contributed by atoms with Crippen LogP contribution in [0.3, 0.4) is 0 Å². The fraction of sp³-hybridized carbons (Fsp3) is 0.625. The van der Waals surface area contributed by atoms with Gasteiger partial charge in [-0.2, -0.15) is 0 Å². The van der Waals surface area contributed by atoms with E-state index in [0.29, 0.717) is 12.1 Å². The molecule has 1 aliphatic heterocycles. The average Bonchev–Trinajstić information content (AvgIpc) is 2.40. The lowest BCUT2D eigenvalue weighted by Gasteiger charge is -2.30. The van der Waals surface area contributed by atoms with Crippen LogP contribution in [0.4, 0.5) is 0 Å². The van der Waals surface area contributed by atoms with Gasteiger partial charge >= 0.3 is 0 Å². The molecule has 1 aromatic rings. The molecule has 0 radical (unpaired) electrons. The second-order valence-electron chi connectivity index (χ2n) is 5.80. The van der Waals surface area contributed by atoms with Crippen LogP contribution in [0.15, 0.2) is 30.3 Å². The third kappa shape index (κ3) is 4.11. The Balaban J connectivity index is 2.00. The number of hydrogen-bond acceptors (Lipinski definition) is 2. The lowest BCUT2D eigenvalue weighted by atomic mass is 9.95. The van der Waals surface area contributed by atoms with Gasteiger partial charge in [-0.1, -0.05) is 44.2 Å². The van der Waals surface area contributed by atoms with E-state index in [1.165, 1.54) is 31.4 Å². The molecule has 0 amide bonds. The zero-order valence-electron chi connectivity index (χ0n) is 11.7. The first-order valence-corrected chi connectivity index (χ1v) is 7.27. The van der Waals surface area contributed by atoms with Crippen LogP contribution in [-0.4, -0.2) is 19.1 Å². The van der Waals surface area contributed by atoms with Gasteiger partial charge in [0.15, 0.2) is 0 Å². The summed E-state index contributed by atoms with van der Waals surface area (Å²) in [5.74, 6) is 0.722. The molecule has 1 aliphatic rings. The Labute approximate surface area is 111 Å². The third-order valence-corrected chi connectivity index (χ3v) is 3.64. The number of nitrogens with one attached hydrogen (secondary N) is 2. The van der Waals surface area contributed by atoms with Gasteiger partial charge in [-0.15, -0.1) is 0 Å². The molecule has 18 heavy (non-hydrogen) atoms. The van der Waals surface area contributed by atoms with Crippen LogP contribution >= 0.6 is 0 Å². The van der Waals surface area contributed by atoms with Crippen LogP contribution in [0.1, 0.15) is 44.7 Å².